The second kappa shape index (κ2) is 9.12. The van der Waals surface area contributed by atoms with Crippen LogP contribution in [-0.2, 0) is 0 Å². The molecule has 22 heavy (non-hydrogen) atoms. The van der Waals surface area contributed by atoms with Crippen LogP contribution < -0.4 is 10.6 Å². The molecule has 0 bridgehead atoms. The minimum atomic E-state index is -0.152. The topological polar surface area (TPSA) is 64.6 Å². The van der Waals surface area contributed by atoms with Crippen LogP contribution >= 0.6 is 11.3 Å². The zero-order chi connectivity index (χ0) is 15.8. The number of nitrogens with zero attached hydrogens (tertiary/aromatic N) is 1. The number of aliphatic hydroxyl groups excluding tert-OH is 1. The van der Waals surface area contributed by atoms with Crippen molar-refractivity contribution >= 4 is 17.4 Å². The van der Waals surface area contributed by atoms with E-state index in [2.05, 4.69) is 40.0 Å². The maximum Gasteiger partial charge on any atom is 0.314 e. The lowest BCUT2D eigenvalue weighted by molar-refractivity contribution is 0.138. The first-order chi connectivity index (χ1) is 10.7. The zero-order valence-corrected chi connectivity index (χ0v) is 14.1. The van der Waals surface area contributed by atoms with Gasteiger partial charge in [0.25, 0.3) is 0 Å². The van der Waals surface area contributed by atoms with Gasteiger partial charge in [0.05, 0.1) is 6.04 Å². The number of carbonyl (C=O) groups is 1. The zero-order valence-electron chi connectivity index (χ0n) is 13.3. The number of amides is 2. The Morgan fingerprint density at radius 2 is 2.23 bits per heavy atom. The normalized spacial score (nSPS) is 18.1. The Morgan fingerprint density at radius 1 is 1.45 bits per heavy atom. The molecule has 1 atom stereocenters. The fourth-order valence-electron chi connectivity index (χ4n) is 2.76. The first kappa shape index (κ1) is 17.2. The van der Waals surface area contributed by atoms with Gasteiger partial charge in [-0.2, -0.15) is 0 Å². The number of rotatable bonds is 7. The molecule has 0 spiro atoms. The minimum Gasteiger partial charge on any atom is -0.396 e. The van der Waals surface area contributed by atoms with Crippen molar-refractivity contribution in [1.82, 2.24) is 15.5 Å². The highest BCUT2D eigenvalue weighted by atomic mass is 32.1. The summed E-state index contributed by atoms with van der Waals surface area (Å²) in [6.07, 6.45) is 3.04. The number of piperidine rings is 1. The molecule has 0 aliphatic carbocycles. The van der Waals surface area contributed by atoms with Crippen LogP contribution in [-0.4, -0.2) is 48.8 Å². The Hall–Kier alpha value is -1.11. The third kappa shape index (κ3) is 5.26. The van der Waals surface area contributed by atoms with Crippen molar-refractivity contribution in [2.45, 2.75) is 32.2 Å². The largest absolute Gasteiger partial charge is 0.396 e. The van der Waals surface area contributed by atoms with Gasteiger partial charge in [-0.1, -0.05) is 13.0 Å². The highest BCUT2D eigenvalue weighted by molar-refractivity contribution is 7.10. The summed E-state index contributed by atoms with van der Waals surface area (Å²) in [6, 6.07) is 4.33. The van der Waals surface area contributed by atoms with Crippen molar-refractivity contribution in [2.24, 2.45) is 5.92 Å². The molecular formula is C16H27N3O2S. The van der Waals surface area contributed by atoms with Crippen molar-refractivity contribution in [3.05, 3.63) is 22.4 Å². The van der Waals surface area contributed by atoms with E-state index in [1.165, 1.54) is 17.7 Å². The average molecular weight is 325 g/mol. The van der Waals surface area contributed by atoms with E-state index in [-0.39, 0.29) is 18.7 Å². The van der Waals surface area contributed by atoms with E-state index in [0.717, 1.165) is 19.0 Å². The van der Waals surface area contributed by atoms with E-state index in [4.69, 9.17) is 5.11 Å². The van der Waals surface area contributed by atoms with E-state index in [1.54, 1.807) is 11.3 Å². The van der Waals surface area contributed by atoms with Crippen LogP contribution in [0.1, 0.15) is 37.1 Å². The second-order valence-electron chi connectivity index (χ2n) is 5.96. The maximum atomic E-state index is 11.8. The van der Waals surface area contributed by atoms with Crippen molar-refractivity contribution in [2.75, 3.05) is 32.8 Å². The molecule has 2 amide bonds. The van der Waals surface area contributed by atoms with E-state index < -0.39 is 0 Å². The minimum absolute atomic E-state index is 0.101. The molecule has 1 aliphatic rings. The monoisotopic (exact) mass is 325 g/mol. The number of hydrogen-bond acceptors (Lipinski definition) is 4. The summed E-state index contributed by atoms with van der Waals surface area (Å²) in [6.45, 7) is 5.73. The number of carbonyl (C=O) groups excluding carboxylic acids is 1. The van der Waals surface area contributed by atoms with Gasteiger partial charge in [-0.25, -0.2) is 4.79 Å². The van der Waals surface area contributed by atoms with E-state index in [9.17, 15) is 4.79 Å². The van der Waals surface area contributed by atoms with Crippen LogP contribution in [0.2, 0.25) is 0 Å². The molecule has 0 aromatic carbocycles. The fourth-order valence-corrected chi connectivity index (χ4v) is 3.62. The van der Waals surface area contributed by atoms with Gasteiger partial charge in [0.15, 0.2) is 0 Å². The van der Waals surface area contributed by atoms with Gasteiger partial charge < -0.3 is 15.7 Å². The molecule has 1 fully saturated rings. The Morgan fingerprint density at radius 3 is 2.86 bits per heavy atom. The lowest BCUT2D eigenvalue weighted by Crippen LogP contribution is -2.44. The highest BCUT2D eigenvalue weighted by Gasteiger charge is 2.25. The fraction of sp³-hybridized carbons (Fsp3) is 0.688. The molecule has 124 valence electrons. The molecule has 1 aromatic rings. The van der Waals surface area contributed by atoms with Crippen LogP contribution in [0.4, 0.5) is 4.79 Å². The first-order valence-corrected chi connectivity index (χ1v) is 8.98. The lowest BCUT2D eigenvalue weighted by Gasteiger charge is -2.36. The summed E-state index contributed by atoms with van der Waals surface area (Å²) < 4.78 is 0. The van der Waals surface area contributed by atoms with Gasteiger partial charge in [0.2, 0.25) is 0 Å². The van der Waals surface area contributed by atoms with Crippen molar-refractivity contribution in [3.63, 3.8) is 0 Å². The van der Waals surface area contributed by atoms with E-state index in [1.807, 2.05) is 0 Å². The predicted molar refractivity (Wildman–Crippen MR) is 90.1 cm³/mol. The van der Waals surface area contributed by atoms with Crippen molar-refractivity contribution < 1.29 is 9.90 Å². The van der Waals surface area contributed by atoms with Crippen LogP contribution in [0.15, 0.2) is 17.5 Å². The molecule has 2 rings (SSSR count). The lowest BCUT2D eigenvalue weighted by atomic mass is 9.97. The first-order valence-electron chi connectivity index (χ1n) is 8.10. The van der Waals surface area contributed by atoms with Gasteiger partial charge >= 0.3 is 6.03 Å². The third-order valence-electron chi connectivity index (χ3n) is 4.21. The molecule has 2 heterocycles. The smallest absolute Gasteiger partial charge is 0.314 e. The van der Waals surface area contributed by atoms with E-state index in [0.29, 0.717) is 19.5 Å². The maximum absolute atomic E-state index is 11.8. The highest BCUT2D eigenvalue weighted by Crippen LogP contribution is 2.28. The number of aliphatic hydroxyl groups is 1. The van der Waals surface area contributed by atoms with Crippen LogP contribution in [0, 0.1) is 5.92 Å². The van der Waals surface area contributed by atoms with E-state index >= 15 is 0 Å². The molecule has 3 N–H and O–H groups in total. The van der Waals surface area contributed by atoms with Gasteiger partial charge in [-0.15, -0.1) is 11.3 Å². The Bertz CT molecular complexity index is 431. The van der Waals surface area contributed by atoms with Gasteiger partial charge in [0, 0.05) is 24.6 Å². The Labute approximate surface area is 136 Å². The second-order valence-corrected chi connectivity index (χ2v) is 6.94. The number of nitrogens with one attached hydrogen (secondary N) is 2. The molecule has 6 heteroatoms. The van der Waals surface area contributed by atoms with Gasteiger partial charge in [0.1, 0.15) is 0 Å². The Balaban J connectivity index is 1.87. The Kier molecular flexibility index (Phi) is 7.15. The summed E-state index contributed by atoms with van der Waals surface area (Å²) in [7, 11) is 0. The standard InChI is InChI=1S/C16H27N3O2S/c1-13-5-8-19(9-6-13)14(15-4-2-11-22-15)12-18-16(21)17-7-3-10-20/h2,4,11,13-14,20H,3,5-10,12H2,1H3,(H2,17,18,21)/t14-/m1/s1. The number of urea groups is 1. The quantitative estimate of drug-likeness (QED) is 0.674. The molecule has 5 nitrogen and oxygen atoms in total. The molecule has 1 aromatic heterocycles. The van der Waals surface area contributed by atoms with Crippen LogP contribution in [0.5, 0.6) is 0 Å². The molecule has 1 aliphatic heterocycles. The van der Waals surface area contributed by atoms with Crippen LogP contribution in [0.3, 0.4) is 0 Å². The summed E-state index contributed by atoms with van der Waals surface area (Å²) in [4.78, 5) is 15.6. The van der Waals surface area contributed by atoms with Gasteiger partial charge in [-0.05, 0) is 49.7 Å². The number of thiophene rings is 1. The number of likely N-dealkylation sites (tertiary alicyclic amines) is 1. The molecular weight excluding hydrogens is 298 g/mol. The SMILES string of the molecule is CC1CCN([C@H](CNC(=O)NCCCO)c2cccs2)CC1. The van der Waals surface area contributed by atoms with Crippen molar-refractivity contribution in [3.8, 4) is 0 Å². The predicted octanol–water partition coefficient (Wildman–Crippen LogP) is 2.20. The average Bonchev–Trinajstić information content (AvgIpc) is 3.04. The van der Waals surface area contributed by atoms with Crippen LogP contribution in [0.25, 0.3) is 0 Å². The summed E-state index contributed by atoms with van der Waals surface area (Å²) >= 11 is 1.75. The molecule has 0 saturated carbocycles. The summed E-state index contributed by atoms with van der Waals surface area (Å²) in [5.41, 5.74) is 0. The van der Waals surface area contributed by atoms with Crippen molar-refractivity contribution in [1.29, 1.82) is 0 Å². The van der Waals surface area contributed by atoms with Gasteiger partial charge in [-0.3, -0.25) is 4.90 Å². The summed E-state index contributed by atoms with van der Waals surface area (Å²) in [5, 5.41) is 16.6. The molecule has 1 saturated heterocycles. The number of hydrogen-bond donors (Lipinski definition) is 3. The molecule has 0 radical (unpaired) electrons. The third-order valence-corrected chi connectivity index (χ3v) is 5.18. The summed E-state index contributed by atoms with van der Waals surface area (Å²) in [5.74, 6) is 0.801. The molecule has 0 unspecified atom stereocenters.